The number of esters is 1. The molecule has 0 spiro atoms. The molecular weight excluding hydrogens is 292 g/mol. The molecule has 0 aromatic heterocycles. The van der Waals surface area contributed by atoms with Crippen LogP contribution in [-0.2, 0) is 16.0 Å². The molecule has 0 saturated heterocycles. The van der Waals surface area contributed by atoms with E-state index in [1.807, 2.05) is 12.1 Å². The second-order valence-electron chi connectivity index (χ2n) is 6.80. The van der Waals surface area contributed by atoms with Gasteiger partial charge in [0.2, 0.25) is 0 Å². The first-order valence-corrected chi connectivity index (χ1v) is 8.48. The van der Waals surface area contributed by atoms with Crippen molar-refractivity contribution in [2.24, 2.45) is 5.92 Å². The summed E-state index contributed by atoms with van der Waals surface area (Å²) in [5.41, 5.74) is 0.511. The number of rotatable bonds is 4. The molecule has 1 aliphatic heterocycles. The third kappa shape index (κ3) is 3.69. The van der Waals surface area contributed by atoms with Crippen LogP contribution >= 0.6 is 0 Å². The summed E-state index contributed by atoms with van der Waals surface area (Å²) in [7, 11) is 0. The van der Waals surface area contributed by atoms with E-state index in [1.165, 1.54) is 12.5 Å². The minimum Gasteiger partial charge on any atom is -0.512 e. The number of hydrogen-bond acceptors (Lipinski definition) is 4. The average Bonchev–Trinajstić information content (AvgIpc) is 2.54. The molecule has 2 N–H and O–H groups in total. The molecule has 0 amide bonds. The number of benzene rings is 1. The summed E-state index contributed by atoms with van der Waals surface area (Å²) < 4.78 is 5.80. The Morgan fingerprint density at radius 1 is 1.09 bits per heavy atom. The third-order valence-electron chi connectivity index (χ3n) is 5.19. The van der Waals surface area contributed by atoms with Crippen molar-refractivity contribution in [3.63, 3.8) is 0 Å². The van der Waals surface area contributed by atoms with E-state index in [-0.39, 0.29) is 11.5 Å². The summed E-state index contributed by atoms with van der Waals surface area (Å²) in [6.45, 7) is 0. The minimum atomic E-state index is -0.589. The van der Waals surface area contributed by atoms with Crippen molar-refractivity contribution < 1.29 is 19.7 Å². The molecule has 0 radical (unpaired) electrons. The first-order valence-electron chi connectivity index (χ1n) is 8.48. The van der Waals surface area contributed by atoms with Crippen molar-refractivity contribution in [3.05, 3.63) is 41.7 Å². The number of ether oxygens (including phenoxy) is 1. The number of carbonyl (C=O) groups excluding carboxylic acids is 1. The van der Waals surface area contributed by atoms with Gasteiger partial charge in [-0.2, -0.15) is 0 Å². The second-order valence-corrected chi connectivity index (χ2v) is 6.80. The highest BCUT2D eigenvalue weighted by Gasteiger charge is 2.45. The molecule has 2 aliphatic rings. The minimum absolute atomic E-state index is 0.137. The maximum atomic E-state index is 11.9. The normalized spacial score (nSPS) is 25.7. The van der Waals surface area contributed by atoms with Gasteiger partial charge in [-0.25, -0.2) is 4.79 Å². The zero-order valence-corrected chi connectivity index (χ0v) is 13.3. The van der Waals surface area contributed by atoms with Crippen LogP contribution in [0.25, 0.3) is 0 Å². The fourth-order valence-electron chi connectivity index (χ4n) is 3.98. The van der Waals surface area contributed by atoms with Crippen molar-refractivity contribution in [3.8, 4) is 5.75 Å². The molecule has 23 heavy (non-hydrogen) atoms. The summed E-state index contributed by atoms with van der Waals surface area (Å²) in [5, 5.41) is 19.4. The molecule has 0 bridgehead atoms. The van der Waals surface area contributed by atoms with E-state index in [2.05, 4.69) is 0 Å². The molecule has 4 heteroatoms. The molecule has 4 nitrogen and oxygen atoms in total. The summed E-state index contributed by atoms with van der Waals surface area (Å²) in [5.74, 6) is 0.274. The second kappa shape index (κ2) is 6.65. The van der Waals surface area contributed by atoms with E-state index in [1.54, 1.807) is 12.1 Å². The molecule has 1 heterocycles. The smallest absolute Gasteiger partial charge is 0.334 e. The van der Waals surface area contributed by atoms with Crippen LogP contribution in [0.4, 0.5) is 0 Å². The standard InChI is InChI=1S/C19H24O4/c20-16-8-6-14(7-9-16)10-11-19(15-4-2-1-3-5-15)13-17(21)12-18(22)23-19/h6-9,12,15,20-21H,1-5,10-11,13H2/t19-/m0/s1. The average molecular weight is 316 g/mol. The monoisotopic (exact) mass is 316 g/mol. The topological polar surface area (TPSA) is 66.8 Å². The lowest BCUT2D eigenvalue weighted by atomic mass is 9.71. The van der Waals surface area contributed by atoms with Gasteiger partial charge in [-0.3, -0.25) is 0 Å². The molecule has 0 unspecified atom stereocenters. The lowest BCUT2D eigenvalue weighted by Gasteiger charge is -2.43. The number of aryl methyl sites for hydroxylation is 1. The molecule has 1 aromatic carbocycles. The third-order valence-corrected chi connectivity index (χ3v) is 5.19. The Morgan fingerprint density at radius 2 is 1.78 bits per heavy atom. The molecule has 1 aromatic rings. The number of hydrogen-bond donors (Lipinski definition) is 2. The number of cyclic esters (lactones) is 1. The maximum absolute atomic E-state index is 11.9. The van der Waals surface area contributed by atoms with Gasteiger partial charge in [0.15, 0.2) is 0 Å². The fraction of sp³-hybridized carbons (Fsp3) is 0.526. The van der Waals surface area contributed by atoms with Crippen molar-refractivity contribution in [1.29, 1.82) is 0 Å². The van der Waals surface area contributed by atoms with E-state index >= 15 is 0 Å². The van der Waals surface area contributed by atoms with E-state index in [4.69, 9.17) is 4.74 Å². The Morgan fingerprint density at radius 3 is 2.43 bits per heavy atom. The molecule has 3 rings (SSSR count). The number of phenolic OH excluding ortho intramolecular Hbond substituents is 1. The van der Waals surface area contributed by atoms with Gasteiger partial charge in [-0.15, -0.1) is 0 Å². The molecule has 1 fully saturated rings. The van der Waals surface area contributed by atoms with Gasteiger partial charge in [0.25, 0.3) is 0 Å². The number of phenols is 1. The number of aliphatic hydroxyl groups is 1. The molecule has 1 atom stereocenters. The first-order chi connectivity index (χ1) is 11.1. The number of aromatic hydroxyl groups is 1. The predicted octanol–water partition coefficient (Wildman–Crippen LogP) is 4.03. The van der Waals surface area contributed by atoms with Crippen LogP contribution in [0, 0.1) is 5.92 Å². The summed E-state index contributed by atoms with van der Waals surface area (Å²) in [6.07, 6.45) is 8.74. The molecule has 1 saturated carbocycles. The van der Waals surface area contributed by atoms with Crippen molar-refractivity contribution in [2.75, 3.05) is 0 Å². The zero-order chi connectivity index (χ0) is 16.3. The van der Waals surface area contributed by atoms with Crippen molar-refractivity contribution >= 4 is 5.97 Å². The van der Waals surface area contributed by atoms with Crippen LogP contribution < -0.4 is 0 Å². The predicted molar refractivity (Wildman–Crippen MR) is 87.2 cm³/mol. The van der Waals surface area contributed by atoms with Gasteiger partial charge >= 0.3 is 5.97 Å². The van der Waals surface area contributed by atoms with E-state index in [0.717, 1.165) is 37.7 Å². The number of aliphatic hydroxyl groups excluding tert-OH is 1. The fourth-order valence-corrected chi connectivity index (χ4v) is 3.98. The van der Waals surface area contributed by atoms with Gasteiger partial charge in [0, 0.05) is 6.42 Å². The van der Waals surface area contributed by atoms with E-state index in [9.17, 15) is 15.0 Å². The summed E-state index contributed by atoms with van der Waals surface area (Å²) >= 11 is 0. The largest absolute Gasteiger partial charge is 0.512 e. The van der Waals surface area contributed by atoms with Gasteiger partial charge in [0.05, 0.1) is 6.08 Å². The van der Waals surface area contributed by atoms with E-state index in [0.29, 0.717) is 18.8 Å². The highest BCUT2D eigenvalue weighted by Crippen LogP contribution is 2.43. The summed E-state index contributed by atoms with van der Waals surface area (Å²) in [4.78, 5) is 11.9. The Labute approximate surface area is 136 Å². The van der Waals surface area contributed by atoms with Crippen LogP contribution in [-0.4, -0.2) is 21.8 Å². The highest BCUT2D eigenvalue weighted by molar-refractivity contribution is 5.83. The van der Waals surface area contributed by atoms with Crippen LogP contribution in [0.1, 0.15) is 50.5 Å². The lowest BCUT2D eigenvalue weighted by molar-refractivity contribution is -0.167. The van der Waals surface area contributed by atoms with Crippen LogP contribution in [0.5, 0.6) is 5.75 Å². The number of carbonyl (C=O) groups is 1. The van der Waals surface area contributed by atoms with Crippen molar-refractivity contribution in [1.82, 2.24) is 0 Å². The highest BCUT2D eigenvalue weighted by atomic mass is 16.6. The van der Waals surface area contributed by atoms with Gasteiger partial charge in [-0.1, -0.05) is 31.4 Å². The SMILES string of the molecule is O=C1C=C(O)C[C@@](CCc2ccc(O)cc2)(C2CCCCC2)O1. The van der Waals surface area contributed by atoms with Gasteiger partial charge < -0.3 is 14.9 Å². The van der Waals surface area contributed by atoms with Crippen molar-refractivity contribution in [2.45, 2.75) is 57.0 Å². The van der Waals surface area contributed by atoms with Gasteiger partial charge in [-0.05, 0) is 49.3 Å². The maximum Gasteiger partial charge on any atom is 0.334 e. The molecular formula is C19H24O4. The van der Waals surface area contributed by atoms with Gasteiger partial charge in [0.1, 0.15) is 17.1 Å². The van der Waals surface area contributed by atoms with Crippen LogP contribution in [0.3, 0.4) is 0 Å². The Bertz CT molecular complexity index is 584. The quantitative estimate of drug-likeness (QED) is 0.823. The first kappa shape index (κ1) is 15.9. The lowest BCUT2D eigenvalue weighted by Crippen LogP contribution is -2.46. The Kier molecular flexibility index (Phi) is 4.60. The van der Waals surface area contributed by atoms with E-state index < -0.39 is 11.6 Å². The summed E-state index contributed by atoms with van der Waals surface area (Å²) in [6, 6.07) is 7.13. The van der Waals surface area contributed by atoms with Crippen LogP contribution in [0.2, 0.25) is 0 Å². The Balaban J connectivity index is 1.78. The Hall–Kier alpha value is -1.97. The van der Waals surface area contributed by atoms with Crippen LogP contribution in [0.15, 0.2) is 36.1 Å². The zero-order valence-electron chi connectivity index (χ0n) is 13.3. The molecule has 1 aliphatic carbocycles. The molecule has 124 valence electrons.